The van der Waals surface area contributed by atoms with E-state index in [0.29, 0.717) is 12.0 Å². The Balaban J connectivity index is 1.75. The van der Waals surface area contributed by atoms with Gasteiger partial charge in [0.2, 0.25) is 11.8 Å². The molecule has 162 valence electrons. The molecule has 5 rings (SSSR count). The van der Waals surface area contributed by atoms with Gasteiger partial charge < -0.3 is 5.11 Å². The number of likely N-dealkylation sites (tertiary alicyclic amines) is 1. The molecule has 2 N–H and O–H groups in total. The van der Waals surface area contributed by atoms with Gasteiger partial charge in [-0.25, -0.2) is 0 Å². The fraction of sp³-hybridized carbons (Fsp3) is 0.429. The summed E-state index contributed by atoms with van der Waals surface area (Å²) in [6.45, 7) is 0. The Kier molecular flexibility index (Phi) is 4.60. The average molecular weight is 528 g/mol. The number of amides is 4. The molecule has 31 heavy (non-hydrogen) atoms. The first kappa shape index (κ1) is 21.0. The smallest absolute Gasteiger partial charge is 0.254 e. The molecule has 1 aromatic rings. The van der Waals surface area contributed by atoms with E-state index in [9.17, 15) is 24.3 Å². The van der Waals surface area contributed by atoms with Crippen molar-refractivity contribution in [2.45, 2.75) is 28.5 Å². The number of carbonyl (C=O) groups excluding carboxylic acids is 4. The topological polar surface area (TPSA) is 104 Å². The van der Waals surface area contributed by atoms with Gasteiger partial charge in [0.25, 0.3) is 11.8 Å². The van der Waals surface area contributed by atoms with Crippen LogP contribution in [0.2, 0.25) is 0 Å². The number of aromatic hydroxyl groups is 1. The zero-order chi connectivity index (χ0) is 22.3. The highest BCUT2D eigenvalue weighted by Crippen LogP contribution is 2.65. The van der Waals surface area contributed by atoms with Gasteiger partial charge in [-0.1, -0.05) is 39.7 Å². The van der Waals surface area contributed by atoms with E-state index in [1.165, 1.54) is 12.1 Å². The summed E-state index contributed by atoms with van der Waals surface area (Å²) in [5.41, 5.74) is 1.25. The molecule has 4 aliphatic rings. The predicted octanol–water partition coefficient (Wildman–Crippen LogP) is 2.39. The van der Waals surface area contributed by atoms with Gasteiger partial charge in [0.15, 0.2) is 9.75 Å². The summed E-state index contributed by atoms with van der Waals surface area (Å²) in [5.74, 6) is -4.49. The molecule has 2 aliphatic carbocycles. The number of fused-ring (bicyclic) bond motifs is 4. The van der Waals surface area contributed by atoms with Crippen molar-refractivity contribution >= 4 is 62.8 Å². The molecule has 1 saturated carbocycles. The van der Waals surface area contributed by atoms with Gasteiger partial charge in [0, 0.05) is 5.92 Å². The number of carbonyl (C=O) groups is 4. The van der Waals surface area contributed by atoms with Gasteiger partial charge in [-0.2, -0.15) is 0 Å². The number of allylic oxidation sites excluding steroid dienone is 2. The second kappa shape index (κ2) is 6.80. The molecule has 6 atom stereocenters. The summed E-state index contributed by atoms with van der Waals surface area (Å²) in [4.78, 5) is 49.0. The van der Waals surface area contributed by atoms with E-state index < -0.39 is 51.1 Å². The van der Waals surface area contributed by atoms with E-state index in [1.54, 1.807) is 12.1 Å². The fourth-order valence-corrected chi connectivity index (χ4v) is 7.13. The number of hydrogen-bond donors (Lipinski definition) is 2. The number of nitrogens with one attached hydrogen (secondary N) is 1. The molecular formula is C21H17BrCl2N2O5. The van der Waals surface area contributed by atoms with Crippen molar-refractivity contribution in [2.75, 3.05) is 5.45 Å². The molecule has 0 radical (unpaired) electrons. The second-order valence-electron chi connectivity index (χ2n) is 8.43. The van der Waals surface area contributed by atoms with Crippen LogP contribution in [0.4, 0.5) is 0 Å². The first-order valence-electron chi connectivity index (χ1n) is 9.79. The highest BCUT2D eigenvalue weighted by Gasteiger charge is 2.76. The van der Waals surface area contributed by atoms with Crippen molar-refractivity contribution in [1.29, 1.82) is 0 Å². The average Bonchev–Trinajstić information content (AvgIpc) is 3.10. The molecule has 1 aromatic carbocycles. The van der Waals surface area contributed by atoms with Gasteiger partial charge in [-0.3, -0.25) is 29.4 Å². The lowest BCUT2D eigenvalue weighted by atomic mass is 9.56. The van der Waals surface area contributed by atoms with Crippen LogP contribution in [0.5, 0.6) is 5.75 Å². The van der Waals surface area contributed by atoms with Crippen molar-refractivity contribution in [2.24, 2.45) is 17.8 Å². The number of hydrogen-bond acceptors (Lipinski definition) is 5. The lowest BCUT2D eigenvalue weighted by Gasteiger charge is -2.50. The second-order valence-corrected chi connectivity index (χ2v) is 10.2. The quantitative estimate of drug-likeness (QED) is 0.266. The largest absolute Gasteiger partial charge is 0.508 e. The van der Waals surface area contributed by atoms with Crippen LogP contribution in [-0.4, -0.2) is 48.8 Å². The van der Waals surface area contributed by atoms with Crippen molar-refractivity contribution in [1.82, 2.24) is 10.2 Å². The Bertz CT molecular complexity index is 1080. The third-order valence-corrected chi connectivity index (χ3v) is 9.00. The Morgan fingerprint density at radius 3 is 2.39 bits per heavy atom. The minimum Gasteiger partial charge on any atom is -0.508 e. The summed E-state index contributed by atoms with van der Waals surface area (Å²) >= 11 is 17.2. The lowest BCUT2D eigenvalue weighted by Crippen LogP contribution is -2.60. The number of nitrogens with zero attached hydrogens (tertiary/aromatic N) is 1. The molecular weight excluding hydrogens is 511 g/mol. The zero-order valence-electron chi connectivity index (χ0n) is 16.0. The van der Waals surface area contributed by atoms with E-state index >= 15 is 0 Å². The summed E-state index contributed by atoms with van der Waals surface area (Å²) in [6.07, 6.45) is 2.15. The van der Waals surface area contributed by atoms with Gasteiger partial charge in [-0.05, 0) is 36.5 Å². The van der Waals surface area contributed by atoms with Crippen LogP contribution in [-0.2, 0) is 19.2 Å². The van der Waals surface area contributed by atoms with Crippen molar-refractivity contribution in [3.8, 4) is 5.75 Å². The summed E-state index contributed by atoms with van der Waals surface area (Å²) < 4.78 is 0. The molecule has 0 aromatic heterocycles. The van der Waals surface area contributed by atoms with Crippen molar-refractivity contribution in [3.05, 3.63) is 41.5 Å². The fourth-order valence-electron chi connectivity index (χ4n) is 5.70. The van der Waals surface area contributed by atoms with Crippen LogP contribution < -0.4 is 5.32 Å². The zero-order valence-corrected chi connectivity index (χ0v) is 19.1. The molecule has 2 heterocycles. The minimum absolute atomic E-state index is 0.0333. The van der Waals surface area contributed by atoms with Crippen molar-refractivity contribution < 1.29 is 24.3 Å². The molecule has 0 spiro atoms. The molecule has 0 bridgehead atoms. The highest BCUT2D eigenvalue weighted by molar-refractivity contribution is 9.09. The van der Waals surface area contributed by atoms with Crippen LogP contribution in [0.3, 0.4) is 0 Å². The molecule has 2 saturated heterocycles. The summed E-state index contributed by atoms with van der Waals surface area (Å²) in [5, 5.41) is 12.1. The molecule has 10 heteroatoms. The number of imide groups is 2. The first-order valence-corrected chi connectivity index (χ1v) is 11.7. The van der Waals surface area contributed by atoms with Crippen LogP contribution >= 0.6 is 39.1 Å². The molecule has 2 aliphatic heterocycles. The SMILES string of the molecule is O=C1NC(=O)C2C1CC=C1C2CC2(Cl)C(=O)N(CBr)C(=O)C2(Cl)C1c1ccc(O)cc1. The van der Waals surface area contributed by atoms with E-state index in [0.717, 1.165) is 10.5 Å². The normalized spacial score (nSPS) is 39.1. The number of rotatable bonds is 2. The number of halogens is 3. The molecule has 6 unspecified atom stereocenters. The predicted molar refractivity (Wildman–Crippen MR) is 115 cm³/mol. The maximum atomic E-state index is 13.4. The van der Waals surface area contributed by atoms with Gasteiger partial charge in [0.05, 0.1) is 17.3 Å². The van der Waals surface area contributed by atoms with Gasteiger partial charge >= 0.3 is 0 Å². The molecule has 4 amide bonds. The number of alkyl halides is 3. The van der Waals surface area contributed by atoms with Gasteiger partial charge in [-0.15, -0.1) is 23.2 Å². The van der Waals surface area contributed by atoms with E-state index in [2.05, 4.69) is 21.2 Å². The third kappa shape index (κ3) is 2.52. The highest BCUT2D eigenvalue weighted by atomic mass is 79.9. The maximum absolute atomic E-state index is 13.4. The number of phenolic OH excluding ortho intramolecular Hbond substituents is 1. The first-order chi connectivity index (χ1) is 14.6. The number of benzene rings is 1. The van der Waals surface area contributed by atoms with Crippen LogP contribution in [0.25, 0.3) is 0 Å². The molecule has 3 fully saturated rings. The Labute approximate surface area is 195 Å². The van der Waals surface area contributed by atoms with Gasteiger partial charge in [0.1, 0.15) is 5.75 Å². The van der Waals surface area contributed by atoms with Crippen LogP contribution in [0.1, 0.15) is 24.3 Å². The van der Waals surface area contributed by atoms with Crippen molar-refractivity contribution in [3.63, 3.8) is 0 Å². The molecule has 7 nitrogen and oxygen atoms in total. The monoisotopic (exact) mass is 526 g/mol. The maximum Gasteiger partial charge on any atom is 0.254 e. The third-order valence-electron chi connectivity index (χ3n) is 7.08. The Morgan fingerprint density at radius 1 is 1.06 bits per heavy atom. The van der Waals surface area contributed by atoms with E-state index in [4.69, 9.17) is 23.2 Å². The Morgan fingerprint density at radius 2 is 1.74 bits per heavy atom. The summed E-state index contributed by atoms with van der Waals surface area (Å²) in [6, 6.07) is 6.20. The lowest BCUT2D eigenvalue weighted by molar-refractivity contribution is -0.138. The number of phenols is 1. The standard InChI is InChI=1S/C21H17BrCl2N2O5/c22-8-26-18(30)20(23)7-13-11(5-6-12-14(13)17(29)25-16(12)28)15(21(20,24)19(26)31)9-1-3-10(27)4-2-9/h1-5,12-15,27H,6-8H2,(H,25,28,29). The van der Waals surface area contributed by atoms with E-state index in [1.807, 2.05) is 6.08 Å². The van der Waals surface area contributed by atoms with Crippen LogP contribution in [0, 0.1) is 17.8 Å². The minimum atomic E-state index is -1.81. The summed E-state index contributed by atoms with van der Waals surface area (Å²) in [7, 11) is 0. The Hall–Kier alpha value is -1.90. The van der Waals surface area contributed by atoms with Crippen LogP contribution in [0.15, 0.2) is 35.9 Å². The van der Waals surface area contributed by atoms with E-state index in [-0.39, 0.29) is 23.5 Å².